The number of non-ortho nitro benzene ring substituents is 1. The fourth-order valence-electron chi connectivity index (χ4n) is 3.81. The van der Waals surface area contributed by atoms with Crippen molar-refractivity contribution in [1.82, 2.24) is 4.90 Å². The summed E-state index contributed by atoms with van der Waals surface area (Å²) >= 11 is 0. The topological polar surface area (TPSA) is 99.0 Å². The fraction of sp³-hybridized carbons (Fsp3) is 0.652. The van der Waals surface area contributed by atoms with Crippen LogP contribution in [-0.2, 0) is 20.7 Å². The van der Waals surface area contributed by atoms with Crippen molar-refractivity contribution in [1.29, 1.82) is 0 Å². The van der Waals surface area contributed by atoms with Crippen LogP contribution >= 0.6 is 0 Å². The van der Waals surface area contributed by atoms with Gasteiger partial charge in [0.05, 0.1) is 10.8 Å². The Balaban J connectivity index is 2.26. The van der Waals surface area contributed by atoms with Crippen LogP contribution in [0.5, 0.6) is 0 Å². The minimum absolute atomic E-state index is 0.0180. The normalized spacial score (nSPS) is 20.3. The van der Waals surface area contributed by atoms with Gasteiger partial charge in [0.25, 0.3) is 5.69 Å². The highest BCUT2D eigenvalue weighted by Gasteiger charge is 2.42. The number of nitrogens with zero attached hydrogens (tertiary/aromatic N) is 2. The minimum atomic E-state index is -0.660. The van der Waals surface area contributed by atoms with Gasteiger partial charge in [-0.3, -0.25) is 14.9 Å². The van der Waals surface area contributed by atoms with Crippen molar-refractivity contribution < 1.29 is 24.0 Å². The summed E-state index contributed by atoms with van der Waals surface area (Å²) in [4.78, 5) is 38.1. The van der Waals surface area contributed by atoms with Gasteiger partial charge >= 0.3 is 12.1 Å². The lowest BCUT2D eigenvalue weighted by molar-refractivity contribution is -0.384. The van der Waals surface area contributed by atoms with E-state index in [1.807, 2.05) is 27.7 Å². The van der Waals surface area contributed by atoms with E-state index >= 15 is 0 Å². The first-order chi connectivity index (χ1) is 14.2. The lowest BCUT2D eigenvalue weighted by Gasteiger charge is -2.28. The van der Waals surface area contributed by atoms with Gasteiger partial charge in [0.15, 0.2) is 0 Å². The van der Waals surface area contributed by atoms with E-state index in [9.17, 15) is 19.7 Å². The number of ether oxygens (including phenoxy) is 2. The number of amides is 1. The quantitative estimate of drug-likeness (QED) is 0.377. The summed E-state index contributed by atoms with van der Waals surface area (Å²) in [6.07, 6.45) is 0.523. The highest BCUT2D eigenvalue weighted by molar-refractivity contribution is 5.74. The summed E-state index contributed by atoms with van der Waals surface area (Å²) in [7, 11) is 0. The molecule has 0 bridgehead atoms. The van der Waals surface area contributed by atoms with Gasteiger partial charge in [-0.05, 0) is 72.8 Å². The van der Waals surface area contributed by atoms with Crippen LogP contribution in [0.1, 0.15) is 60.5 Å². The van der Waals surface area contributed by atoms with Crippen LogP contribution in [0.3, 0.4) is 0 Å². The molecule has 2 rings (SSSR count). The molecule has 1 aromatic rings. The highest BCUT2D eigenvalue weighted by Crippen LogP contribution is 2.34. The van der Waals surface area contributed by atoms with E-state index in [1.54, 1.807) is 37.8 Å². The first-order valence-corrected chi connectivity index (χ1v) is 10.6. The van der Waals surface area contributed by atoms with Gasteiger partial charge in [0.1, 0.15) is 11.2 Å². The lowest BCUT2D eigenvalue weighted by atomic mass is 9.85. The number of rotatable bonds is 5. The Morgan fingerprint density at radius 1 is 1.16 bits per heavy atom. The number of hydrogen-bond acceptors (Lipinski definition) is 6. The van der Waals surface area contributed by atoms with E-state index in [0.29, 0.717) is 24.9 Å². The van der Waals surface area contributed by atoms with Gasteiger partial charge in [0.2, 0.25) is 0 Å². The van der Waals surface area contributed by atoms with E-state index in [0.717, 1.165) is 0 Å². The Hall–Kier alpha value is -2.64. The van der Waals surface area contributed by atoms with Crippen molar-refractivity contribution >= 4 is 17.7 Å². The summed E-state index contributed by atoms with van der Waals surface area (Å²) in [5.41, 5.74) is -0.598. The molecule has 0 spiro atoms. The van der Waals surface area contributed by atoms with Gasteiger partial charge in [-0.1, -0.05) is 12.1 Å². The molecule has 1 fully saturated rings. The van der Waals surface area contributed by atoms with E-state index in [4.69, 9.17) is 9.47 Å². The fourth-order valence-corrected chi connectivity index (χ4v) is 3.81. The molecule has 1 aliphatic heterocycles. The smallest absolute Gasteiger partial charge is 0.410 e. The summed E-state index contributed by atoms with van der Waals surface area (Å²) in [5.74, 6) is -1.03. The maximum atomic E-state index is 13.1. The van der Waals surface area contributed by atoms with Crippen molar-refractivity contribution in [2.75, 3.05) is 6.54 Å². The van der Waals surface area contributed by atoms with E-state index in [2.05, 4.69) is 0 Å². The maximum Gasteiger partial charge on any atom is 0.410 e. The van der Waals surface area contributed by atoms with E-state index in [-0.39, 0.29) is 23.6 Å². The van der Waals surface area contributed by atoms with E-state index < -0.39 is 28.1 Å². The molecule has 8 nitrogen and oxygen atoms in total. The molecule has 1 heterocycles. The van der Waals surface area contributed by atoms with Crippen molar-refractivity contribution in [3.63, 3.8) is 0 Å². The summed E-state index contributed by atoms with van der Waals surface area (Å²) in [6.45, 7) is 13.2. The van der Waals surface area contributed by atoms with Gasteiger partial charge in [-0.15, -0.1) is 0 Å². The molecule has 172 valence electrons. The first-order valence-electron chi connectivity index (χ1n) is 10.6. The molecule has 31 heavy (non-hydrogen) atoms. The lowest BCUT2D eigenvalue weighted by Crippen LogP contribution is -2.40. The average Bonchev–Trinajstić information content (AvgIpc) is 2.98. The Morgan fingerprint density at radius 2 is 1.77 bits per heavy atom. The predicted octanol–water partition coefficient (Wildman–Crippen LogP) is 4.74. The Morgan fingerprint density at radius 3 is 2.32 bits per heavy atom. The molecule has 0 radical (unpaired) electrons. The molecular weight excluding hydrogens is 400 g/mol. The SMILES string of the molecule is C[C@@H]1C[C@H]([C@H](Cc2cccc([N+](=O)[O-])c2)C(=O)OC(C)(C)C)CN1C(=O)OC(C)(C)C. The van der Waals surface area contributed by atoms with Gasteiger partial charge in [0, 0.05) is 24.7 Å². The van der Waals surface area contributed by atoms with Crippen molar-refractivity contribution in [2.45, 2.75) is 78.6 Å². The largest absolute Gasteiger partial charge is 0.460 e. The monoisotopic (exact) mass is 434 g/mol. The van der Waals surface area contributed by atoms with Crippen LogP contribution in [0, 0.1) is 22.0 Å². The molecule has 0 aromatic heterocycles. The number of likely N-dealkylation sites (tertiary alicyclic amines) is 1. The Labute approximate surface area is 184 Å². The average molecular weight is 435 g/mol. The zero-order chi connectivity index (χ0) is 23.6. The molecule has 0 aliphatic carbocycles. The number of benzene rings is 1. The summed E-state index contributed by atoms with van der Waals surface area (Å²) in [5, 5.41) is 11.1. The van der Waals surface area contributed by atoms with Crippen molar-refractivity contribution in [2.24, 2.45) is 11.8 Å². The number of hydrogen-bond donors (Lipinski definition) is 0. The second-order valence-corrected chi connectivity index (χ2v) is 10.2. The first kappa shape index (κ1) is 24.6. The number of carbonyl (C=O) groups is 2. The third-order valence-electron chi connectivity index (χ3n) is 5.09. The molecular formula is C23H34N2O6. The Kier molecular flexibility index (Phi) is 7.34. The van der Waals surface area contributed by atoms with Crippen LogP contribution in [-0.4, -0.2) is 45.7 Å². The minimum Gasteiger partial charge on any atom is -0.460 e. The third-order valence-corrected chi connectivity index (χ3v) is 5.09. The van der Waals surface area contributed by atoms with Gasteiger partial charge in [-0.25, -0.2) is 4.79 Å². The maximum absolute atomic E-state index is 13.1. The molecule has 0 N–H and O–H groups in total. The standard InChI is InChI=1S/C23H34N2O6/c1-15-11-17(14-24(15)21(27)31-23(5,6)7)19(20(26)30-22(2,3)4)13-16-9-8-10-18(12-16)25(28)29/h8-10,12,15,17,19H,11,13-14H2,1-7H3/t15-,17+,19+/m1/s1. The Bertz CT molecular complexity index is 824. The molecule has 1 amide bonds. The van der Waals surface area contributed by atoms with Gasteiger partial charge in [-0.2, -0.15) is 0 Å². The molecule has 3 atom stereocenters. The van der Waals surface area contributed by atoms with Crippen LogP contribution < -0.4 is 0 Å². The van der Waals surface area contributed by atoms with Crippen LogP contribution in [0.25, 0.3) is 0 Å². The number of nitro benzene ring substituents is 1. The number of carbonyl (C=O) groups excluding carboxylic acids is 2. The molecule has 0 unspecified atom stereocenters. The predicted molar refractivity (Wildman–Crippen MR) is 117 cm³/mol. The molecule has 8 heteroatoms. The van der Waals surface area contributed by atoms with Gasteiger partial charge < -0.3 is 14.4 Å². The molecule has 0 saturated carbocycles. The van der Waals surface area contributed by atoms with Crippen LogP contribution in [0.2, 0.25) is 0 Å². The number of nitro groups is 1. The summed E-state index contributed by atoms with van der Waals surface area (Å²) < 4.78 is 11.2. The van der Waals surface area contributed by atoms with Crippen molar-refractivity contribution in [3.05, 3.63) is 39.9 Å². The third kappa shape index (κ3) is 7.22. The van der Waals surface area contributed by atoms with Crippen LogP contribution in [0.15, 0.2) is 24.3 Å². The van der Waals surface area contributed by atoms with E-state index in [1.165, 1.54) is 12.1 Å². The second-order valence-electron chi connectivity index (χ2n) is 10.2. The molecule has 1 aliphatic rings. The zero-order valence-electron chi connectivity index (χ0n) is 19.5. The summed E-state index contributed by atoms with van der Waals surface area (Å²) in [6, 6.07) is 6.21. The molecule has 1 saturated heterocycles. The second kappa shape index (κ2) is 9.24. The zero-order valence-corrected chi connectivity index (χ0v) is 19.5. The van der Waals surface area contributed by atoms with Crippen molar-refractivity contribution in [3.8, 4) is 0 Å². The number of esters is 1. The molecule has 1 aromatic carbocycles. The van der Waals surface area contributed by atoms with Crippen LogP contribution in [0.4, 0.5) is 10.5 Å². The highest BCUT2D eigenvalue weighted by atomic mass is 16.6.